The van der Waals surface area contributed by atoms with Crippen molar-refractivity contribution in [2.45, 2.75) is 19.8 Å². The maximum atomic E-state index is 6.21. The van der Waals surface area contributed by atoms with Gasteiger partial charge < -0.3 is 4.74 Å². The van der Waals surface area contributed by atoms with Crippen molar-refractivity contribution >= 4 is 11.6 Å². The molecule has 90 valence electrons. The fraction of sp³-hybridized carbons (Fsp3) is 0.333. The Balaban J connectivity index is 2.56. The first kappa shape index (κ1) is 11.9. The molecule has 0 spiro atoms. The first-order chi connectivity index (χ1) is 8.13. The lowest BCUT2D eigenvalue weighted by Gasteiger charge is -2.13. The predicted molar refractivity (Wildman–Crippen MR) is 67.0 cm³/mol. The normalized spacial score (nSPS) is 10.9. The third kappa shape index (κ3) is 2.26. The van der Waals surface area contributed by atoms with Crippen LogP contribution in [0.3, 0.4) is 0 Å². The standard InChI is InChI=1S/C12H14ClN3O/c1-8(2)9-7-10(13)11(15-12(9)17-3)16-6-4-5-14-16/h4-8H,1-3H3. The van der Waals surface area contributed by atoms with Crippen molar-refractivity contribution < 1.29 is 4.74 Å². The van der Waals surface area contributed by atoms with E-state index in [9.17, 15) is 0 Å². The summed E-state index contributed by atoms with van der Waals surface area (Å²) >= 11 is 6.21. The number of hydrogen-bond donors (Lipinski definition) is 0. The molecule has 0 aromatic carbocycles. The Bertz CT molecular complexity index is 509. The van der Waals surface area contributed by atoms with Crippen molar-refractivity contribution in [2.75, 3.05) is 7.11 Å². The lowest BCUT2D eigenvalue weighted by atomic mass is 10.1. The average molecular weight is 252 g/mol. The monoisotopic (exact) mass is 251 g/mol. The van der Waals surface area contributed by atoms with E-state index in [0.717, 1.165) is 5.56 Å². The Labute approximate surface area is 105 Å². The smallest absolute Gasteiger partial charge is 0.218 e. The average Bonchev–Trinajstić information content (AvgIpc) is 2.82. The van der Waals surface area contributed by atoms with Crippen LogP contribution in [0.2, 0.25) is 5.02 Å². The summed E-state index contributed by atoms with van der Waals surface area (Å²) in [5.41, 5.74) is 0.994. The molecule has 0 aliphatic carbocycles. The van der Waals surface area contributed by atoms with Crippen LogP contribution in [0, 0.1) is 0 Å². The van der Waals surface area contributed by atoms with Crippen LogP contribution in [0.4, 0.5) is 0 Å². The molecule has 0 saturated heterocycles. The lowest BCUT2D eigenvalue weighted by molar-refractivity contribution is 0.389. The highest BCUT2D eigenvalue weighted by molar-refractivity contribution is 6.32. The zero-order chi connectivity index (χ0) is 12.4. The predicted octanol–water partition coefficient (Wildman–Crippen LogP) is 3.05. The first-order valence-electron chi connectivity index (χ1n) is 5.38. The number of hydrogen-bond acceptors (Lipinski definition) is 3. The van der Waals surface area contributed by atoms with E-state index in [2.05, 4.69) is 23.9 Å². The lowest BCUT2D eigenvalue weighted by Crippen LogP contribution is -2.04. The number of aromatic nitrogens is 3. The molecular formula is C12H14ClN3O. The number of halogens is 1. The summed E-state index contributed by atoms with van der Waals surface area (Å²) in [6.45, 7) is 4.15. The van der Waals surface area contributed by atoms with Gasteiger partial charge in [-0.3, -0.25) is 0 Å². The van der Waals surface area contributed by atoms with E-state index in [0.29, 0.717) is 22.6 Å². The molecule has 2 aromatic heterocycles. The van der Waals surface area contributed by atoms with Gasteiger partial charge in [-0.1, -0.05) is 25.4 Å². The van der Waals surface area contributed by atoms with Crippen LogP contribution < -0.4 is 4.74 Å². The first-order valence-corrected chi connectivity index (χ1v) is 5.75. The van der Waals surface area contributed by atoms with Crippen LogP contribution in [0.15, 0.2) is 24.5 Å². The minimum absolute atomic E-state index is 0.307. The molecular weight excluding hydrogens is 238 g/mol. The van der Waals surface area contributed by atoms with Crippen LogP contribution in [-0.2, 0) is 0 Å². The van der Waals surface area contributed by atoms with E-state index < -0.39 is 0 Å². The Morgan fingerprint density at radius 3 is 2.71 bits per heavy atom. The second-order valence-corrected chi connectivity index (χ2v) is 4.40. The molecule has 0 amide bonds. The molecule has 4 nitrogen and oxygen atoms in total. The van der Waals surface area contributed by atoms with Gasteiger partial charge in [0.05, 0.1) is 12.1 Å². The molecule has 0 N–H and O–H groups in total. The number of pyridine rings is 1. The van der Waals surface area contributed by atoms with Gasteiger partial charge in [0.15, 0.2) is 5.82 Å². The Hall–Kier alpha value is -1.55. The Kier molecular flexibility index (Phi) is 3.33. The molecule has 2 aromatic rings. The summed E-state index contributed by atoms with van der Waals surface area (Å²) in [5.74, 6) is 1.48. The van der Waals surface area contributed by atoms with Gasteiger partial charge in [-0.2, -0.15) is 10.1 Å². The van der Waals surface area contributed by atoms with Crippen molar-refractivity contribution in [3.63, 3.8) is 0 Å². The highest BCUT2D eigenvalue weighted by Gasteiger charge is 2.14. The fourth-order valence-electron chi connectivity index (χ4n) is 1.61. The van der Waals surface area contributed by atoms with Gasteiger partial charge in [0.2, 0.25) is 5.88 Å². The largest absolute Gasteiger partial charge is 0.481 e. The zero-order valence-electron chi connectivity index (χ0n) is 10.0. The van der Waals surface area contributed by atoms with E-state index in [-0.39, 0.29) is 0 Å². The fourth-order valence-corrected chi connectivity index (χ4v) is 1.86. The summed E-state index contributed by atoms with van der Waals surface area (Å²) < 4.78 is 6.91. The Morgan fingerprint density at radius 1 is 1.41 bits per heavy atom. The van der Waals surface area contributed by atoms with Crippen LogP contribution in [0.25, 0.3) is 5.82 Å². The van der Waals surface area contributed by atoms with Crippen molar-refractivity contribution in [3.05, 3.63) is 35.1 Å². The highest BCUT2D eigenvalue weighted by Crippen LogP contribution is 2.30. The van der Waals surface area contributed by atoms with Gasteiger partial charge >= 0.3 is 0 Å². The van der Waals surface area contributed by atoms with Crippen molar-refractivity contribution in [1.82, 2.24) is 14.8 Å². The summed E-state index contributed by atoms with van der Waals surface area (Å²) in [6.07, 6.45) is 3.48. The number of rotatable bonds is 3. The second kappa shape index (κ2) is 4.75. The van der Waals surface area contributed by atoms with Gasteiger partial charge in [0.1, 0.15) is 0 Å². The molecule has 0 bridgehead atoms. The third-order valence-corrected chi connectivity index (χ3v) is 2.77. The molecule has 0 unspecified atom stereocenters. The topological polar surface area (TPSA) is 39.9 Å². The molecule has 5 heteroatoms. The molecule has 0 fully saturated rings. The molecule has 2 rings (SSSR count). The number of ether oxygens (including phenoxy) is 1. The minimum Gasteiger partial charge on any atom is -0.481 e. The van der Waals surface area contributed by atoms with Gasteiger partial charge in [0.25, 0.3) is 0 Å². The zero-order valence-corrected chi connectivity index (χ0v) is 10.8. The number of nitrogens with zero attached hydrogens (tertiary/aromatic N) is 3. The third-order valence-electron chi connectivity index (χ3n) is 2.49. The van der Waals surface area contributed by atoms with E-state index in [1.807, 2.05) is 12.1 Å². The van der Waals surface area contributed by atoms with E-state index in [4.69, 9.17) is 16.3 Å². The maximum absolute atomic E-state index is 6.21. The van der Waals surface area contributed by atoms with Crippen LogP contribution in [-0.4, -0.2) is 21.9 Å². The van der Waals surface area contributed by atoms with Crippen LogP contribution in [0.5, 0.6) is 5.88 Å². The summed E-state index contributed by atoms with van der Waals surface area (Å²) in [6, 6.07) is 3.70. The summed E-state index contributed by atoms with van der Waals surface area (Å²) in [4.78, 5) is 4.40. The van der Waals surface area contributed by atoms with Gasteiger partial charge in [-0.15, -0.1) is 0 Å². The van der Waals surface area contributed by atoms with Gasteiger partial charge in [-0.25, -0.2) is 4.68 Å². The van der Waals surface area contributed by atoms with E-state index in [1.54, 1.807) is 24.2 Å². The van der Waals surface area contributed by atoms with Gasteiger partial charge in [0, 0.05) is 18.0 Å². The SMILES string of the molecule is COc1nc(-n2cccn2)c(Cl)cc1C(C)C. The maximum Gasteiger partial charge on any atom is 0.218 e. The summed E-state index contributed by atoms with van der Waals surface area (Å²) in [5, 5.41) is 4.68. The molecule has 0 atom stereocenters. The van der Waals surface area contributed by atoms with Crippen LogP contribution in [0.1, 0.15) is 25.3 Å². The quantitative estimate of drug-likeness (QED) is 0.842. The van der Waals surface area contributed by atoms with Crippen LogP contribution >= 0.6 is 11.6 Å². The van der Waals surface area contributed by atoms with Crippen molar-refractivity contribution in [3.8, 4) is 11.7 Å². The highest BCUT2D eigenvalue weighted by atomic mass is 35.5. The minimum atomic E-state index is 0.307. The molecule has 0 aliphatic rings. The molecule has 17 heavy (non-hydrogen) atoms. The molecule has 0 aliphatic heterocycles. The Morgan fingerprint density at radius 2 is 2.18 bits per heavy atom. The van der Waals surface area contributed by atoms with Crippen molar-refractivity contribution in [2.24, 2.45) is 0 Å². The molecule has 0 saturated carbocycles. The number of methoxy groups -OCH3 is 1. The van der Waals surface area contributed by atoms with Crippen molar-refractivity contribution in [1.29, 1.82) is 0 Å². The van der Waals surface area contributed by atoms with E-state index >= 15 is 0 Å². The molecule has 2 heterocycles. The summed E-state index contributed by atoms with van der Waals surface area (Å²) in [7, 11) is 1.61. The van der Waals surface area contributed by atoms with E-state index in [1.165, 1.54) is 0 Å². The van der Waals surface area contributed by atoms with Gasteiger partial charge in [-0.05, 0) is 18.1 Å². The second-order valence-electron chi connectivity index (χ2n) is 4.00. The molecule has 0 radical (unpaired) electrons.